The molecule has 0 amide bonds. The molecule has 0 aromatic heterocycles. The molecule has 56 valence electrons. The molecule has 0 aromatic rings. The van der Waals surface area contributed by atoms with Crippen molar-refractivity contribution in [2.45, 2.75) is 18.2 Å². The fraction of sp³-hybridized carbons (Fsp3) is 1.00. The van der Waals surface area contributed by atoms with Crippen LogP contribution in [0.25, 0.3) is 0 Å². The summed E-state index contributed by atoms with van der Waals surface area (Å²) in [5.74, 6) is 0. The Hall–Kier alpha value is 0.400. The van der Waals surface area contributed by atoms with Crippen molar-refractivity contribution in [3.8, 4) is 0 Å². The van der Waals surface area contributed by atoms with E-state index >= 15 is 0 Å². The first-order valence-corrected chi connectivity index (χ1v) is 3.73. The van der Waals surface area contributed by atoms with Crippen molar-refractivity contribution in [1.29, 1.82) is 0 Å². The number of alkyl halides is 1. The first kappa shape index (κ1) is 9.40. The van der Waals surface area contributed by atoms with E-state index in [1.165, 1.54) is 0 Å². The van der Waals surface area contributed by atoms with Crippen molar-refractivity contribution in [1.82, 2.24) is 0 Å². The lowest BCUT2D eigenvalue weighted by atomic mass is 10.2. The number of ether oxygens (including phenoxy) is 1. The second-order valence-electron chi connectivity index (χ2n) is 2.49. The SMILES string of the molecule is CC(C)(Br)COCCO. The second-order valence-corrected chi connectivity index (χ2v) is 4.64. The molecule has 1 N–H and O–H groups in total. The van der Waals surface area contributed by atoms with Crippen LogP contribution < -0.4 is 0 Å². The Morgan fingerprint density at radius 2 is 2.11 bits per heavy atom. The predicted molar refractivity (Wildman–Crippen MR) is 40.9 cm³/mol. The molecule has 0 fully saturated rings. The maximum atomic E-state index is 8.32. The summed E-state index contributed by atoms with van der Waals surface area (Å²) >= 11 is 3.40. The monoisotopic (exact) mass is 196 g/mol. The predicted octanol–water partition coefficient (Wildman–Crippen LogP) is 1.17. The molecule has 0 heterocycles. The van der Waals surface area contributed by atoms with Crippen LogP contribution in [0.15, 0.2) is 0 Å². The summed E-state index contributed by atoms with van der Waals surface area (Å²) in [5, 5.41) is 8.32. The molecule has 2 nitrogen and oxygen atoms in total. The summed E-state index contributed by atoms with van der Waals surface area (Å²) in [5.41, 5.74) is 0. The maximum Gasteiger partial charge on any atom is 0.0698 e. The van der Waals surface area contributed by atoms with Crippen LogP contribution in [-0.2, 0) is 4.74 Å². The van der Waals surface area contributed by atoms with E-state index in [-0.39, 0.29) is 10.9 Å². The molecular formula is C6H13BrO2. The fourth-order valence-corrected chi connectivity index (χ4v) is 0.541. The van der Waals surface area contributed by atoms with Crippen molar-refractivity contribution < 1.29 is 9.84 Å². The molecule has 9 heavy (non-hydrogen) atoms. The van der Waals surface area contributed by atoms with Gasteiger partial charge in [-0.25, -0.2) is 0 Å². The molecule has 3 heteroatoms. The quantitative estimate of drug-likeness (QED) is 0.541. The highest BCUT2D eigenvalue weighted by atomic mass is 79.9. The van der Waals surface area contributed by atoms with Crippen molar-refractivity contribution in [3.05, 3.63) is 0 Å². The van der Waals surface area contributed by atoms with E-state index in [0.29, 0.717) is 13.2 Å². The number of aliphatic hydroxyl groups excluding tert-OH is 1. The average molecular weight is 197 g/mol. The molecule has 0 aliphatic rings. The zero-order valence-corrected chi connectivity index (χ0v) is 7.44. The summed E-state index contributed by atoms with van der Waals surface area (Å²) in [6, 6.07) is 0. The minimum Gasteiger partial charge on any atom is -0.394 e. The smallest absolute Gasteiger partial charge is 0.0698 e. The molecule has 0 radical (unpaired) electrons. The molecule has 0 aliphatic carbocycles. The van der Waals surface area contributed by atoms with E-state index in [0.717, 1.165) is 0 Å². The van der Waals surface area contributed by atoms with Crippen LogP contribution in [0.1, 0.15) is 13.8 Å². The number of rotatable bonds is 4. The van der Waals surface area contributed by atoms with Crippen molar-refractivity contribution >= 4 is 15.9 Å². The first-order valence-electron chi connectivity index (χ1n) is 2.94. The van der Waals surface area contributed by atoms with Crippen LogP contribution in [0.3, 0.4) is 0 Å². The molecule has 0 rings (SSSR count). The Kier molecular flexibility index (Phi) is 4.44. The molecule has 0 bridgehead atoms. The summed E-state index contributed by atoms with van der Waals surface area (Å²) < 4.78 is 5.08. The Balaban J connectivity index is 3.07. The van der Waals surface area contributed by atoms with Gasteiger partial charge in [-0.2, -0.15) is 0 Å². The third kappa shape index (κ3) is 8.40. The molecule has 0 atom stereocenters. The Bertz CT molecular complexity index is 67.9. The normalized spacial score (nSPS) is 12.0. The fourth-order valence-electron chi connectivity index (χ4n) is 0.379. The summed E-state index contributed by atoms with van der Waals surface area (Å²) in [7, 11) is 0. The van der Waals surface area contributed by atoms with Gasteiger partial charge in [-0.15, -0.1) is 0 Å². The van der Waals surface area contributed by atoms with Gasteiger partial charge in [-0.05, 0) is 13.8 Å². The summed E-state index contributed by atoms with van der Waals surface area (Å²) in [6.45, 7) is 5.19. The first-order chi connectivity index (χ1) is 4.06. The highest BCUT2D eigenvalue weighted by Gasteiger charge is 2.11. The van der Waals surface area contributed by atoms with Gasteiger partial charge in [-0.1, -0.05) is 15.9 Å². The van der Waals surface area contributed by atoms with E-state index in [1.807, 2.05) is 13.8 Å². The van der Waals surface area contributed by atoms with Gasteiger partial charge in [0.1, 0.15) is 0 Å². The van der Waals surface area contributed by atoms with Gasteiger partial charge >= 0.3 is 0 Å². The third-order valence-electron chi connectivity index (χ3n) is 0.681. The van der Waals surface area contributed by atoms with Gasteiger partial charge in [0.2, 0.25) is 0 Å². The molecule has 0 saturated carbocycles. The van der Waals surface area contributed by atoms with E-state index in [2.05, 4.69) is 15.9 Å². The summed E-state index contributed by atoms with van der Waals surface area (Å²) in [4.78, 5) is 0. The minimum absolute atomic E-state index is 0.0299. The lowest BCUT2D eigenvalue weighted by Crippen LogP contribution is -2.19. The van der Waals surface area contributed by atoms with Gasteiger partial charge in [0.25, 0.3) is 0 Å². The van der Waals surface area contributed by atoms with Gasteiger partial charge in [0, 0.05) is 4.32 Å². The Labute approximate surface area is 64.3 Å². The molecule has 0 aliphatic heterocycles. The van der Waals surface area contributed by atoms with Crippen LogP contribution >= 0.6 is 15.9 Å². The van der Waals surface area contributed by atoms with Crippen LogP contribution in [0.5, 0.6) is 0 Å². The Morgan fingerprint density at radius 3 is 2.44 bits per heavy atom. The topological polar surface area (TPSA) is 29.5 Å². The molecular weight excluding hydrogens is 184 g/mol. The van der Waals surface area contributed by atoms with Crippen LogP contribution in [0, 0.1) is 0 Å². The van der Waals surface area contributed by atoms with Crippen molar-refractivity contribution in [2.24, 2.45) is 0 Å². The number of hydrogen-bond donors (Lipinski definition) is 1. The van der Waals surface area contributed by atoms with Crippen molar-refractivity contribution in [3.63, 3.8) is 0 Å². The molecule has 0 saturated heterocycles. The van der Waals surface area contributed by atoms with Gasteiger partial charge in [-0.3, -0.25) is 0 Å². The lowest BCUT2D eigenvalue weighted by molar-refractivity contribution is 0.0833. The van der Waals surface area contributed by atoms with Gasteiger partial charge < -0.3 is 9.84 Å². The average Bonchev–Trinajstić information content (AvgIpc) is 1.63. The van der Waals surface area contributed by atoms with E-state index < -0.39 is 0 Å². The molecule has 0 aromatic carbocycles. The van der Waals surface area contributed by atoms with Gasteiger partial charge in [0.05, 0.1) is 19.8 Å². The van der Waals surface area contributed by atoms with Crippen LogP contribution in [0.4, 0.5) is 0 Å². The number of aliphatic hydroxyl groups is 1. The highest BCUT2D eigenvalue weighted by molar-refractivity contribution is 9.10. The minimum atomic E-state index is 0.0299. The van der Waals surface area contributed by atoms with E-state index in [9.17, 15) is 0 Å². The Morgan fingerprint density at radius 1 is 1.56 bits per heavy atom. The molecule has 0 unspecified atom stereocenters. The number of halogens is 1. The highest BCUT2D eigenvalue weighted by Crippen LogP contribution is 2.14. The zero-order valence-electron chi connectivity index (χ0n) is 5.85. The maximum absolute atomic E-state index is 8.32. The van der Waals surface area contributed by atoms with Crippen molar-refractivity contribution in [2.75, 3.05) is 19.8 Å². The lowest BCUT2D eigenvalue weighted by Gasteiger charge is -2.14. The van der Waals surface area contributed by atoms with Crippen LogP contribution in [-0.4, -0.2) is 29.3 Å². The summed E-state index contributed by atoms with van der Waals surface area (Å²) in [6.07, 6.45) is 0. The number of hydrogen-bond acceptors (Lipinski definition) is 2. The largest absolute Gasteiger partial charge is 0.394 e. The zero-order chi connectivity index (χ0) is 7.33. The third-order valence-corrected chi connectivity index (χ3v) is 0.910. The standard InChI is InChI=1S/C6H13BrO2/c1-6(2,7)5-9-4-3-8/h8H,3-5H2,1-2H3. The van der Waals surface area contributed by atoms with E-state index in [4.69, 9.17) is 9.84 Å². The van der Waals surface area contributed by atoms with Gasteiger partial charge in [0.15, 0.2) is 0 Å². The second kappa shape index (κ2) is 4.25. The van der Waals surface area contributed by atoms with E-state index in [1.54, 1.807) is 0 Å². The van der Waals surface area contributed by atoms with Crippen LogP contribution in [0.2, 0.25) is 0 Å². The molecule has 0 spiro atoms.